The van der Waals surface area contributed by atoms with Gasteiger partial charge in [0.25, 0.3) is 0 Å². The summed E-state index contributed by atoms with van der Waals surface area (Å²) in [5.41, 5.74) is 0.0628. The topological polar surface area (TPSA) is 6.48 Å². The van der Waals surface area contributed by atoms with E-state index in [1.807, 2.05) is 0 Å². The van der Waals surface area contributed by atoms with Crippen LogP contribution < -0.4 is 0 Å². The molecule has 0 aliphatic heterocycles. The van der Waals surface area contributed by atoms with Crippen LogP contribution in [-0.4, -0.2) is 38.6 Å². The molecule has 0 radical (unpaired) electrons. The molecule has 0 N–H and O–H groups in total. The van der Waals surface area contributed by atoms with Gasteiger partial charge < -0.3 is 9.80 Å². The summed E-state index contributed by atoms with van der Waals surface area (Å²) in [5.74, 6) is 0. The van der Waals surface area contributed by atoms with Crippen molar-refractivity contribution in [3.05, 3.63) is 0 Å². The number of thiocarbonyl (C=S) groups is 1. The largest absolute Gasteiger partial charge is 0.344 e. The smallest absolute Gasteiger partial charge is 0.172 e. The Morgan fingerprint density at radius 2 is 1.18 bits per heavy atom. The van der Waals surface area contributed by atoms with Crippen LogP contribution in [0, 0.1) is 0 Å². The second-order valence-electron chi connectivity index (χ2n) is 6.51. The van der Waals surface area contributed by atoms with Crippen molar-refractivity contribution in [2.75, 3.05) is 0 Å². The fraction of sp³-hybridized carbons (Fsp3) is 0.929. The predicted octanol–water partition coefficient (Wildman–Crippen LogP) is 3.90. The first-order valence-corrected chi connectivity index (χ1v) is 7.02. The van der Waals surface area contributed by atoms with Crippen molar-refractivity contribution in [3.8, 4) is 0 Å². The Morgan fingerprint density at radius 1 is 0.824 bits per heavy atom. The van der Waals surface area contributed by atoms with Gasteiger partial charge in [-0.3, -0.25) is 0 Å². The number of rotatable bonds is 3. The number of hydrogen-bond donors (Lipinski definition) is 0. The SMILES string of the molecule is CC(C)N(C(=S)N(C(C)C)C(C)(C)C)C(C)C. The van der Waals surface area contributed by atoms with E-state index in [2.05, 4.69) is 72.1 Å². The molecule has 0 aromatic carbocycles. The molecule has 3 heteroatoms. The molecule has 0 saturated carbocycles. The van der Waals surface area contributed by atoms with E-state index in [1.165, 1.54) is 0 Å². The first-order valence-electron chi connectivity index (χ1n) is 6.61. The molecule has 0 heterocycles. The van der Waals surface area contributed by atoms with Crippen LogP contribution in [0.3, 0.4) is 0 Å². The first kappa shape index (κ1) is 16.7. The van der Waals surface area contributed by atoms with Crippen molar-refractivity contribution in [2.45, 2.75) is 86.0 Å². The van der Waals surface area contributed by atoms with E-state index in [9.17, 15) is 0 Å². The third kappa shape index (κ3) is 4.46. The summed E-state index contributed by atoms with van der Waals surface area (Å²) in [4.78, 5) is 4.66. The van der Waals surface area contributed by atoms with E-state index in [0.29, 0.717) is 18.1 Å². The molecule has 0 aliphatic rings. The van der Waals surface area contributed by atoms with Gasteiger partial charge in [-0.15, -0.1) is 0 Å². The summed E-state index contributed by atoms with van der Waals surface area (Å²) in [6.07, 6.45) is 0. The molecule has 0 unspecified atom stereocenters. The van der Waals surface area contributed by atoms with Gasteiger partial charge in [0.2, 0.25) is 0 Å². The zero-order valence-electron chi connectivity index (χ0n) is 13.0. The van der Waals surface area contributed by atoms with Crippen LogP contribution in [0.5, 0.6) is 0 Å². The average molecular weight is 258 g/mol. The van der Waals surface area contributed by atoms with Gasteiger partial charge in [-0.05, 0) is 74.5 Å². The van der Waals surface area contributed by atoms with Crippen molar-refractivity contribution in [2.24, 2.45) is 0 Å². The summed E-state index contributed by atoms with van der Waals surface area (Å²) in [6.45, 7) is 19.9. The second-order valence-corrected chi connectivity index (χ2v) is 6.88. The monoisotopic (exact) mass is 258 g/mol. The van der Waals surface area contributed by atoms with Crippen molar-refractivity contribution in [3.63, 3.8) is 0 Å². The molecule has 102 valence electrons. The number of nitrogens with zero attached hydrogens (tertiary/aromatic N) is 2. The van der Waals surface area contributed by atoms with Crippen molar-refractivity contribution in [1.29, 1.82) is 0 Å². The Morgan fingerprint density at radius 3 is 1.35 bits per heavy atom. The minimum atomic E-state index is 0.0628. The molecule has 0 aromatic heterocycles. The minimum Gasteiger partial charge on any atom is -0.344 e. The highest BCUT2D eigenvalue weighted by molar-refractivity contribution is 7.80. The number of hydrogen-bond acceptors (Lipinski definition) is 1. The minimum absolute atomic E-state index is 0.0628. The highest BCUT2D eigenvalue weighted by Crippen LogP contribution is 2.22. The van der Waals surface area contributed by atoms with E-state index < -0.39 is 0 Å². The molecule has 0 aliphatic carbocycles. The maximum Gasteiger partial charge on any atom is 0.172 e. The third-order valence-electron chi connectivity index (χ3n) is 2.78. The highest BCUT2D eigenvalue weighted by Gasteiger charge is 2.31. The lowest BCUT2D eigenvalue weighted by molar-refractivity contribution is 0.153. The molecule has 0 amide bonds. The van der Waals surface area contributed by atoms with E-state index >= 15 is 0 Å². The van der Waals surface area contributed by atoms with Crippen molar-refractivity contribution < 1.29 is 0 Å². The fourth-order valence-corrected chi connectivity index (χ4v) is 3.35. The lowest BCUT2D eigenvalue weighted by atomic mass is 10.0. The maximum absolute atomic E-state index is 5.73. The van der Waals surface area contributed by atoms with Crippen molar-refractivity contribution in [1.82, 2.24) is 9.80 Å². The van der Waals surface area contributed by atoms with Gasteiger partial charge in [-0.1, -0.05) is 0 Å². The lowest BCUT2D eigenvalue weighted by Gasteiger charge is -2.47. The molecule has 0 atom stereocenters. The Bertz CT molecular complexity index is 243. The molecular weight excluding hydrogens is 228 g/mol. The molecule has 17 heavy (non-hydrogen) atoms. The second kappa shape index (κ2) is 6.03. The van der Waals surface area contributed by atoms with Gasteiger partial charge >= 0.3 is 0 Å². The lowest BCUT2D eigenvalue weighted by Crippen LogP contribution is -2.57. The first-order chi connectivity index (χ1) is 7.50. The van der Waals surface area contributed by atoms with Gasteiger partial charge in [0.15, 0.2) is 5.11 Å². The highest BCUT2D eigenvalue weighted by atomic mass is 32.1. The molecule has 0 spiro atoms. The van der Waals surface area contributed by atoms with Gasteiger partial charge in [0, 0.05) is 23.7 Å². The van der Waals surface area contributed by atoms with Crippen LogP contribution in [-0.2, 0) is 0 Å². The summed E-state index contributed by atoms with van der Waals surface area (Å²) in [7, 11) is 0. The molecule has 0 fully saturated rings. The summed E-state index contributed by atoms with van der Waals surface area (Å²) in [6, 6.07) is 1.29. The van der Waals surface area contributed by atoms with Crippen LogP contribution in [0.1, 0.15) is 62.3 Å². The van der Waals surface area contributed by atoms with Gasteiger partial charge in [-0.2, -0.15) is 0 Å². The predicted molar refractivity (Wildman–Crippen MR) is 81.4 cm³/mol. The maximum atomic E-state index is 5.73. The quantitative estimate of drug-likeness (QED) is 0.709. The van der Waals surface area contributed by atoms with Gasteiger partial charge in [0.05, 0.1) is 0 Å². The molecule has 0 rings (SSSR count). The zero-order chi connectivity index (χ0) is 14.0. The Balaban J connectivity index is 5.20. The zero-order valence-corrected chi connectivity index (χ0v) is 13.9. The Hall–Kier alpha value is -0.310. The summed E-state index contributed by atoms with van der Waals surface area (Å²) >= 11 is 5.73. The summed E-state index contributed by atoms with van der Waals surface area (Å²) in [5, 5.41) is 0.970. The molecule has 0 bridgehead atoms. The van der Waals surface area contributed by atoms with Gasteiger partial charge in [-0.25, -0.2) is 0 Å². The van der Waals surface area contributed by atoms with Crippen molar-refractivity contribution >= 4 is 17.3 Å². The van der Waals surface area contributed by atoms with E-state index in [0.717, 1.165) is 5.11 Å². The summed E-state index contributed by atoms with van der Waals surface area (Å²) < 4.78 is 0. The Kier molecular flexibility index (Phi) is 5.92. The average Bonchev–Trinajstić information content (AvgIpc) is 1.96. The van der Waals surface area contributed by atoms with E-state index in [4.69, 9.17) is 12.2 Å². The Labute approximate surface area is 113 Å². The fourth-order valence-electron chi connectivity index (χ4n) is 2.44. The molecule has 0 saturated heterocycles. The molecule has 0 aromatic rings. The van der Waals surface area contributed by atoms with E-state index in [1.54, 1.807) is 0 Å². The van der Waals surface area contributed by atoms with Gasteiger partial charge in [0.1, 0.15) is 0 Å². The normalized spacial score (nSPS) is 12.5. The van der Waals surface area contributed by atoms with Crippen LogP contribution in [0.2, 0.25) is 0 Å². The third-order valence-corrected chi connectivity index (χ3v) is 3.19. The van der Waals surface area contributed by atoms with Crippen LogP contribution in [0.25, 0.3) is 0 Å². The van der Waals surface area contributed by atoms with E-state index in [-0.39, 0.29) is 5.54 Å². The van der Waals surface area contributed by atoms with Crippen LogP contribution >= 0.6 is 12.2 Å². The van der Waals surface area contributed by atoms with Crippen LogP contribution in [0.4, 0.5) is 0 Å². The van der Waals surface area contributed by atoms with Crippen LogP contribution in [0.15, 0.2) is 0 Å². The standard InChI is InChI=1S/C14H30N2S/c1-10(2)15(11(3)4)13(17)16(12(5)6)14(7,8)9/h10-12H,1-9H3. The molecular formula is C14H30N2S. The molecule has 2 nitrogen and oxygen atoms in total.